The third kappa shape index (κ3) is 3.83. The van der Waals surface area contributed by atoms with E-state index in [4.69, 9.17) is 10.5 Å². The maximum Gasteiger partial charge on any atom is 0.433 e. The van der Waals surface area contributed by atoms with Crippen LogP contribution < -0.4 is 10.5 Å². The molecule has 0 fully saturated rings. The molecule has 0 atom stereocenters. The minimum absolute atomic E-state index is 0.0846. The van der Waals surface area contributed by atoms with E-state index in [9.17, 15) is 13.2 Å². The highest BCUT2D eigenvalue weighted by Crippen LogP contribution is 2.28. The van der Waals surface area contributed by atoms with E-state index in [-0.39, 0.29) is 12.6 Å². The summed E-state index contributed by atoms with van der Waals surface area (Å²) in [6.07, 6.45) is -2.18. The Kier molecular flexibility index (Phi) is 4.50. The van der Waals surface area contributed by atoms with Crippen molar-refractivity contribution in [2.45, 2.75) is 38.4 Å². The predicted octanol–water partition coefficient (Wildman–Crippen LogP) is 2.39. The maximum absolute atomic E-state index is 12.4. The molecule has 1 aromatic heterocycles. The van der Waals surface area contributed by atoms with Crippen LogP contribution in [0.25, 0.3) is 0 Å². The van der Waals surface area contributed by atoms with Crippen LogP contribution in [0.1, 0.15) is 32.4 Å². The van der Waals surface area contributed by atoms with Crippen molar-refractivity contribution in [3.63, 3.8) is 0 Å². The number of alkyl halides is 3. The molecule has 0 unspecified atom stereocenters. The number of aromatic nitrogens is 2. The number of halogens is 3. The fourth-order valence-electron chi connectivity index (χ4n) is 1.23. The first kappa shape index (κ1) is 14.7. The molecule has 1 rings (SSSR count). The molecule has 2 N–H and O–H groups in total. The maximum atomic E-state index is 12.4. The van der Waals surface area contributed by atoms with Gasteiger partial charge in [0.2, 0.25) is 0 Å². The lowest BCUT2D eigenvalue weighted by atomic mass is 9.96. The van der Waals surface area contributed by atoms with Gasteiger partial charge in [0, 0.05) is 11.7 Å². The van der Waals surface area contributed by atoms with E-state index < -0.39 is 17.4 Å². The van der Waals surface area contributed by atoms with Crippen molar-refractivity contribution in [2.75, 3.05) is 6.61 Å². The van der Waals surface area contributed by atoms with Gasteiger partial charge in [0.25, 0.3) is 0 Å². The summed E-state index contributed by atoms with van der Waals surface area (Å²) in [6, 6.07) is 0.490. The van der Waals surface area contributed by atoms with Crippen molar-refractivity contribution in [1.82, 2.24) is 9.97 Å². The van der Waals surface area contributed by atoms with Gasteiger partial charge in [-0.3, -0.25) is 0 Å². The summed E-state index contributed by atoms with van der Waals surface area (Å²) in [7, 11) is 0. The van der Waals surface area contributed by atoms with E-state index >= 15 is 0 Å². The van der Waals surface area contributed by atoms with Gasteiger partial charge in [-0.2, -0.15) is 18.2 Å². The van der Waals surface area contributed by atoms with Gasteiger partial charge in [0.05, 0.1) is 0 Å². The van der Waals surface area contributed by atoms with Crippen LogP contribution in [0.2, 0.25) is 0 Å². The van der Waals surface area contributed by atoms with Crippen molar-refractivity contribution in [2.24, 2.45) is 5.73 Å². The zero-order chi connectivity index (χ0) is 13.8. The molecular formula is C11H16F3N3O. The lowest BCUT2D eigenvalue weighted by Gasteiger charge is -2.25. The summed E-state index contributed by atoms with van der Waals surface area (Å²) in [5.41, 5.74) is 4.37. The quantitative estimate of drug-likeness (QED) is 0.886. The van der Waals surface area contributed by atoms with Gasteiger partial charge >= 0.3 is 12.2 Å². The molecule has 0 bridgehead atoms. The predicted molar refractivity (Wildman–Crippen MR) is 60.0 cm³/mol. The Bertz CT molecular complexity index is 391. The summed E-state index contributed by atoms with van der Waals surface area (Å²) in [6.45, 7) is 3.86. The zero-order valence-corrected chi connectivity index (χ0v) is 10.3. The second-order valence-electron chi connectivity index (χ2n) is 4.08. The van der Waals surface area contributed by atoms with Gasteiger partial charge in [-0.05, 0) is 18.9 Å². The molecule has 0 radical (unpaired) electrons. The smallest absolute Gasteiger partial charge is 0.433 e. The Morgan fingerprint density at radius 1 is 1.28 bits per heavy atom. The molecule has 0 amide bonds. The van der Waals surface area contributed by atoms with Gasteiger partial charge in [-0.15, -0.1) is 0 Å². The van der Waals surface area contributed by atoms with Crippen LogP contribution >= 0.6 is 0 Å². The molecule has 1 aromatic rings. The molecule has 4 nitrogen and oxygen atoms in total. The standard InChI is InChI=1S/C11H16F3N3O/c1-3-10(15,4-2)7-18-9-16-6-5-8(17-9)11(12,13)14/h5-6H,3-4,7,15H2,1-2H3. The van der Waals surface area contributed by atoms with Crippen LogP contribution in [0.5, 0.6) is 6.01 Å². The SMILES string of the molecule is CCC(N)(CC)COc1nccc(C(F)(F)F)n1. The number of ether oxygens (including phenoxy) is 1. The molecular weight excluding hydrogens is 247 g/mol. The molecule has 0 saturated heterocycles. The number of rotatable bonds is 5. The van der Waals surface area contributed by atoms with Crippen LogP contribution in [-0.4, -0.2) is 22.1 Å². The lowest BCUT2D eigenvalue weighted by molar-refractivity contribution is -0.141. The third-order valence-corrected chi connectivity index (χ3v) is 2.82. The highest BCUT2D eigenvalue weighted by Gasteiger charge is 2.33. The van der Waals surface area contributed by atoms with Crippen molar-refractivity contribution in [1.29, 1.82) is 0 Å². The first-order chi connectivity index (χ1) is 8.30. The molecule has 0 aliphatic heterocycles. The van der Waals surface area contributed by atoms with Crippen LogP contribution in [0.4, 0.5) is 13.2 Å². The molecule has 0 aromatic carbocycles. The van der Waals surface area contributed by atoms with Gasteiger partial charge in [0.15, 0.2) is 5.69 Å². The fraction of sp³-hybridized carbons (Fsp3) is 0.636. The molecule has 1 heterocycles. The third-order valence-electron chi connectivity index (χ3n) is 2.82. The van der Waals surface area contributed by atoms with Crippen LogP contribution in [-0.2, 0) is 6.18 Å². The molecule has 18 heavy (non-hydrogen) atoms. The molecule has 0 spiro atoms. The van der Waals surface area contributed by atoms with E-state index in [1.807, 2.05) is 13.8 Å². The van der Waals surface area contributed by atoms with Gasteiger partial charge in [-0.1, -0.05) is 13.8 Å². The summed E-state index contributed by atoms with van der Waals surface area (Å²) >= 11 is 0. The Balaban J connectivity index is 2.75. The lowest BCUT2D eigenvalue weighted by Crippen LogP contribution is -2.44. The van der Waals surface area contributed by atoms with Crippen molar-refractivity contribution < 1.29 is 17.9 Å². The monoisotopic (exact) mass is 263 g/mol. The highest BCUT2D eigenvalue weighted by atomic mass is 19.4. The summed E-state index contributed by atoms with van der Waals surface area (Å²) < 4.78 is 42.4. The van der Waals surface area contributed by atoms with Crippen LogP contribution in [0.3, 0.4) is 0 Å². The number of hydrogen-bond donors (Lipinski definition) is 1. The van der Waals surface area contributed by atoms with E-state index in [0.717, 1.165) is 12.3 Å². The van der Waals surface area contributed by atoms with E-state index in [0.29, 0.717) is 12.8 Å². The average Bonchev–Trinajstić information content (AvgIpc) is 2.35. The number of hydrogen-bond acceptors (Lipinski definition) is 4. The second-order valence-corrected chi connectivity index (χ2v) is 4.08. The van der Waals surface area contributed by atoms with E-state index in [1.165, 1.54) is 0 Å². The van der Waals surface area contributed by atoms with Gasteiger partial charge in [0.1, 0.15) is 6.61 Å². The Morgan fingerprint density at radius 2 is 1.89 bits per heavy atom. The highest BCUT2D eigenvalue weighted by molar-refractivity contribution is 5.08. The first-order valence-corrected chi connectivity index (χ1v) is 5.62. The summed E-state index contributed by atoms with van der Waals surface area (Å²) in [5, 5.41) is 0. The van der Waals surface area contributed by atoms with E-state index in [2.05, 4.69) is 9.97 Å². The zero-order valence-electron chi connectivity index (χ0n) is 10.3. The van der Waals surface area contributed by atoms with Gasteiger partial charge in [-0.25, -0.2) is 4.98 Å². The average molecular weight is 263 g/mol. The van der Waals surface area contributed by atoms with Crippen molar-refractivity contribution in [3.05, 3.63) is 18.0 Å². The van der Waals surface area contributed by atoms with Crippen LogP contribution in [0, 0.1) is 0 Å². The summed E-state index contributed by atoms with van der Waals surface area (Å²) in [5.74, 6) is 0. The molecule has 7 heteroatoms. The summed E-state index contributed by atoms with van der Waals surface area (Å²) in [4.78, 5) is 6.94. The largest absolute Gasteiger partial charge is 0.461 e. The molecule has 0 aliphatic carbocycles. The fourth-order valence-corrected chi connectivity index (χ4v) is 1.23. The minimum Gasteiger partial charge on any atom is -0.461 e. The Morgan fingerprint density at radius 3 is 2.39 bits per heavy atom. The Hall–Kier alpha value is -1.37. The normalized spacial score (nSPS) is 12.6. The van der Waals surface area contributed by atoms with Crippen molar-refractivity contribution >= 4 is 0 Å². The number of nitrogens with two attached hydrogens (primary N) is 1. The second kappa shape index (κ2) is 5.51. The molecule has 0 saturated carbocycles. The Labute approximate surface area is 103 Å². The first-order valence-electron chi connectivity index (χ1n) is 5.62. The number of nitrogens with zero attached hydrogens (tertiary/aromatic N) is 2. The topological polar surface area (TPSA) is 61.0 Å². The van der Waals surface area contributed by atoms with Gasteiger partial charge < -0.3 is 10.5 Å². The van der Waals surface area contributed by atoms with Crippen molar-refractivity contribution in [3.8, 4) is 6.01 Å². The van der Waals surface area contributed by atoms with E-state index in [1.54, 1.807) is 0 Å². The minimum atomic E-state index is -4.50. The molecule has 0 aliphatic rings. The molecule has 102 valence electrons. The van der Waals surface area contributed by atoms with Crippen LogP contribution in [0.15, 0.2) is 12.3 Å².